The summed E-state index contributed by atoms with van der Waals surface area (Å²) >= 11 is 0. The van der Waals surface area contributed by atoms with Gasteiger partial charge in [0, 0.05) is 11.4 Å². The molecule has 10 heteroatoms. The molecule has 1 aliphatic carbocycles. The van der Waals surface area contributed by atoms with E-state index >= 15 is 0 Å². The predicted molar refractivity (Wildman–Crippen MR) is 143 cm³/mol. The van der Waals surface area contributed by atoms with Crippen molar-refractivity contribution in [3.8, 4) is 11.5 Å². The van der Waals surface area contributed by atoms with E-state index in [1.807, 2.05) is 19.1 Å². The Bertz CT molecular complexity index is 1370. The molecule has 0 spiro atoms. The van der Waals surface area contributed by atoms with Crippen LogP contribution in [-0.4, -0.2) is 40.1 Å². The van der Waals surface area contributed by atoms with Crippen molar-refractivity contribution in [2.45, 2.75) is 37.0 Å². The number of carbonyl (C=O) groups excluding carboxylic acids is 2. The van der Waals surface area contributed by atoms with Gasteiger partial charge in [-0.1, -0.05) is 12.1 Å². The number of rotatable bonds is 12. The standard InChI is InChI=1S/C28H30N2O7S/c1-3-35-23-11-9-22(10-12-23)30-38(33,34)25-15-13-24(14-16-25)37-19-26(31)29-21-7-5-20(6-8-21)28(17-18-28)27(32)36-4-2/h5-16,30H,3-4,17-19H2,1-2H3,(H,29,31). The van der Waals surface area contributed by atoms with Crippen LogP contribution in [-0.2, 0) is 29.8 Å². The summed E-state index contributed by atoms with van der Waals surface area (Å²) in [6.45, 7) is 4.26. The summed E-state index contributed by atoms with van der Waals surface area (Å²) in [5.74, 6) is 0.411. The summed E-state index contributed by atoms with van der Waals surface area (Å²) in [6.07, 6.45) is 1.51. The molecule has 1 aliphatic rings. The van der Waals surface area contributed by atoms with Crippen molar-refractivity contribution >= 4 is 33.3 Å². The van der Waals surface area contributed by atoms with E-state index in [1.165, 1.54) is 24.3 Å². The Balaban J connectivity index is 1.28. The van der Waals surface area contributed by atoms with Gasteiger partial charge in [-0.3, -0.25) is 14.3 Å². The molecule has 4 rings (SSSR count). The van der Waals surface area contributed by atoms with Gasteiger partial charge >= 0.3 is 5.97 Å². The van der Waals surface area contributed by atoms with Crippen LogP contribution in [0.15, 0.2) is 77.7 Å². The van der Waals surface area contributed by atoms with Crippen molar-refractivity contribution in [3.05, 3.63) is 78.4 Å². The molecule has 38 heavy (non-hydrogen) atoms. The molecule has 0 aliphatic heterocycles. The first-order valence-corrected chi connectivity index (χ1v) is 13.8. The van der Waals surface area contributed by atoms with Gasteiger partial charge in [-0.15, -0.1) is 0 Å². The molecular weight excluding hydrogens is 508 g/mol. The molecule has 9 nitrogen and oxygen atoms in total. The average molecular weight is 539 g/mol. The SMILES string of the molecule is CCOC(=O)C1(c2ccc(NC(=O)COc3ccc(S(=O)(=O)Nc4ccc(OCC)cc4)cc3)cc2)CC1. The van der Waals surface area contributed by atoms with Gasteiger partial charge in [0.15, 0.2) is 6.61 Å². The molecule has 1 saturated carbocycles. The van der Waals surface area contributed by atoms with Crippen molar-refractivity contribution in [2.24, 2.45) is 0 Å². The number of carbonyl (C=O) groups is 2. The molecule has 0 radical (unpaired) electrons. The number of hydrogen-bond donors (Lipinski definition) is 2. The maximum absolute atomic E-state index is 12.7. The third-order valence-corrected chi connectivity index (χ3v) is 7.46. The zero-order valence-electron chi connectivity index (χ0n) is 21.2. The van der Waals surface area contributed by atoms with E-state index in [9.17, 15) is 18.0 Å². The van der Waals surface area contributed by atoms with Crippen LogP contribution in [0, 0.1) is 0 Å². The highest BCUT2D eigenvalue weighted by atomic mass is 32.2. The molecule has 0 unspecified atom stereocenters. The van der Waals surface area contributed by atoms with E-state index in [1.54, 1.807) is 43.3 Å². The highest BCUT2D eigenvalue weighted by Crippen LogP contribution is 2.49. The Morgan fingerprint density at radius 3 is 1.95 bits per heavy atom. The highest BCUT2D eigenvalue weighted by molar-refractivity contribution is 7.92. The van der Waals surface area contributed by atoms with Gasteiger partial charge in [0.1, 0.15) is 11.5 Å². The number of hydrogen-bond acceptors (Lipinski definition) is 7. The normalized spacial score (nSPS) is 13.7. The van der Waals surface area contributed by atoms with Crippen molar-refractivity contribution in [2.75, 3.05) is 29.9 Å². The lowest BCUT2D eigenvalue weighted by atomic mass is 9.96. The second-order valence-corrected chi connectivity index (χ2v) is 10.4. The van der Waals surface area contributed by atoms with E-state index in [2.05, 4.69) is 10.0 Å². The van der Waals surface area contributed by atoms with Crippen LogP contribution in [0.3, 0.4) is 0 Å². The first kappa shape index (κ1) is 27.0. The van der Waals surface area contributed by atoms with Gasteiger partial charge in [0.05, 0.1) is 23.5 Å². The van der Waals surface area contributed by atoms with Crippen LogP contribution in [0.4, 0.5) is 11.4 Å². The maximum atomic E-state index is 12.7. The summed E-state index contributed by atoms with van der Waals surface area (Å²) in [4.78, 5) is 24.6. The zero-order chi connectivity index (χ0) is 27.2. The summed E-state index contributed by atoms with van der Waals surface area (Å²) in [5.41, 5.74) is 1.29. The third-order valence-electron chi connectivity index (χ3n) is 6.06. The van der Waals surface area contributed by atoms with Crippen LogP contribution in [0.5, 0.6) is 11.5 Å². The molecule has 0 saturated heterocycles. The maximum Gasteiger partial charge on any atom is 0.316 e. The fourth-order valence-electron chi connectivity index (χ4n) is 3.94. The molecule has 0 heterocycles. The molecule has 1 amide bonds. The van der Waals surface area contributed by atoms with E-state index in [0.717, 1.165) is 18.4 Å². The lowest BCUT2D eigenvalue weighted by molar-refractivity contribution is -0.146. The van der Waals surface area contributed by atoms with E-state index < -0.39 is 15.4 Å². The van der Waals surface area contributed by atoms with Crippen LogP contribution >= 0.6 is 0 Å². The van der Waals surface area contributed by atoms with Crippen molar-refractivity contribution in [1.82, 2.24) is 0 Å². The van der Waals surface area contributed by atoms with Gasteiger partial charge in [0.25, 0.3) is 15.9 Å². The van der Waals surface area contributed by atoms with Gasteiger partial charge in [-0.2, -0.15) is 0 Å². The lowest BCUT2D eigenvalue weighted by Gasteiger charge is -2.15. The van der Waals surface area contributed by atoms with Crippen molar-refractivity contribution in [3.63, 3.8) is 0 Å². The van der Waals surface area contributed by atoms with Crippen LogP contribution in [0.25, 0.3) is 0 Å². The minimum Gasteiger partial charge on any atom is -0.494 e. The second kappa shape index (κ2) is 11.6. The van der Waals surface area contributed by atoms with Crippen molar-refractivity contribution < 1.29 is 32.2 Å². The molecule has 0 bridgehead atoms. The van der Waals surface area contributed by atoms with E-state index in [4.69, 9.17) is 14.2 Å². The zero-order valence-corrected chi connectivity index (χ0v) is 22.0. The summed E-state index contributed by atoms with van der Waals surface area (Å²) in [5, 5.41) is 2.75. The minimum atomic E-state index is -3.80. The molecular formula is C28H30N2O7S. The van der Waals surface area contributed by atoms with Gasteiger partial charge in [-0.25, -0.2) is 8.42 Å². The summed E-state index contributed by atoms with van der Waals surface area (Å²) in [7, 11) is -3.80. The number of anilines is 2. The van der Waals surface area contributed by atoms with Crippen molar-refractivity contribution in [1.29, 1.82) is 0 Å². The molecule has 0 atom stereocenters. The molecule has 0 aromatic heterocycles. The number of nitrogens with one attached hydrogen (secondary N) is 2. The first-order chi connectivity index (χ1) is 18.3. The fraction of sp³-hybridized carbons (Fsp3) is 0.286. The van der Waals surface area contributed by atoms with E-state index in [0.29, 0.717) is 36.1 Å². The Hall–Kier alpha value is -4.05. The van der Waals surface area contributed by atoms with Crippen LogP contribution in [0.2, 0.25) is 0 Å². The number of amides is 1. The lowest BCUT2D eigenvalue weighted by Crippen LogP contribution is -2.23. The van der Waals surface area contributed by atoms with Gasteiger partial charge < -0.3 is 19.5 Å². The molecule has 200 valence electrons. The largest absolute Gasteiger partial charge is 0.494 e. The second-order valence-electron chi connectivity index (χ2n) is 8.75. The Morgan fingerprint density at radius 2 is 1.37 bits per heavy atom. The number of sulfonamides is 1. The number of ether oxygens (including phenoxy) is 3. The smallest absolute Gasteiger partial charge is 0.316 e. The fourth-order valence-corrected chi connectivity index (χ4v) is 5.00. The van der Waals surface area contributed by atoms with Crippen LogP contribution < -0.4 is 19.5 Å². The topological polar surface area (TPSA) is 120 Å². The van der Waals surface area contributed by atoms with E-state index in [-0.39, 0.29) is 23.4 Å². The highest BCUT2D eigenvalue weighted by Gasteiger charge is 2.52. The molecule has 1 fully saturated rings. The Morgan fingerprint density at radius 1 is 0.789 bits per heavy atom. The average Bonchev–Trinajstić information content (AvgIpc) is 3.72. The Labute approximate surface area is 222 Å². The molecule has 3 aromatic carbocycles. The predicted octanol–water partition coefficient (Wildman–Crippen LogP) is 4.50. The van der Waals surface area contributed by atoms with Gasteiger partial charge in [-0.05, 0) is 92.9 Å². The first-order valence-electron chi connectivity index (χ1n) is 12.3. The van der Waals surface area contributed by atoms with Gasteiger partial charge in [0.2, 0.25) is 0 Å². The minimum absolute atomic E-state index is 0.0551. The molecule has 2 N–H and O–H groups in total. The molecule has 3 aromatic rings. The third kappa shape index (κ3) is 6.44. The Kier molecular flexibility index (Phi) is 8.21. The number of benzene rings is 3. The monoisotopic (exact) mass is 538 g/mol. The van der Waals surface area contributed by atoms with Crippen LogP contribution in [0.1, 0.15) is 32.3 Å². The number of esters is 1. The summed E-state index contributed by atoms with van der Waals surface area (Å²) < 4.78 is 43.9. The summed E-state index contributed by atoms with van der Waals surface area (Å²) in [6, 6.07) is 19.5. The quantitative estimate of drug-likeness (QED) is 0.326.